The average molecular weight is 214 g/mol. The molecule has 1 nitrogen and oxygen atoms in total. The molecule has 1 heteroatoms. The van der Waals surface area contributed by atoms with Crippen molar-refractivity contribution in [2.75, 3.05) is 0 Å². The lowest BCUT2D eigenvalue weighted by molar-refractivity contribution is -0.120. The first-order valence-corrected chi connectivity index (χ1v) is 6.43. The standard InChI is InChI=1S/C15H18O/c1-2-5-13(16)15-12-9-8-10-6-3-4-7-11(10)14(12)15/h3-4,6-7,12,14-15H,2,5,8-9H2,1H3. The van der Waals surface area contributed by atoms with Gasteiger partial charge < -0.3 is 0 Å². The van der Waals surface area contributed by atoms with Crippen LogP contribution in [0.4, 0.5) is 0 Å². The number of carbonyl (C=O) groups excluding carboxylic acids is 1. The Kier molecular flexibility index (Phi) is 2.34. The number of benzene rings is 1. The molecule has 0 aliphatic heterocycles. The van der Waals surface area contributed by atoms with Crippen LogP contribution in [0.3, 0.4) is 0 Å². The highest BCUT2D eigenvalue weighted by Gasteiger charge is 2.55. The zero-order valence-electron chi connectivity index (χ0n) is 9.78. The largest absolute Gasteiger partial charge is 0.299 e. The van der Waals surface area contributed by atoms with E-state index in [1.54, 1.807) is 0 Å². The fraction of sp³-hybridized carbons (Fsp3) is 0.533. The minimum atomic E-state index is 0.364. The molecule has 1 aromatic carbocycles. The minimum Gasteiger partial charge on any atom is -0.299 e. The third kappa shape index (κ3) is 1.41. The van der Waals surface area contributed by atoms with Crippen LogP contribution in [-0.2, 0) is 11.2 Å². The molecule has 3 atom stereocenters. The Balaban J connectivity index is 1.85. The van der Waals surface area contributed by atoms with Gasteiger partial charge >= 0.3 is 0 Å². The number of fused-ring (bicyclic) bond motifs is 3. The van der Waals surface area contributed by atoms with Gasteiger partial charge in [0.1, 0.15) is 5.78 Å². The zero-order chi connectivity index (χ0) is 11.1. The molecular weight excluding hydrogens is 196 g/mol. The number of rotatable bonds is 3. The summed E-state index contributed by atoms with van der Waals surface area (Å²) in [6, 6.07) is 8.68. The van der Waals surface area contributed by atoms with Gasteiger partial charge in [-0.05, 0) is 42.2 Å². The Morgan fingerprint density at radius 1 is 1.38 bits per heavy atom. The van der Waals surface area contributed by atoms with Crippen molar-refractivity contribution >= 4 is 5.78 Å². The van der Waals surface area contributed by atoms with Crippen LogP contribution in [0.5, 0.6) is 0 Å². The lowest BCUT2D eigenvalue weighted by atomic mass is 9.92. The van der Waals surface area contributed by atoms with Gasteiger partial charge in [-0.1, -0.05) is 31.2 Å². The summed E-state index contributed by atoms with van der Waals surface area (Å²) in [4.78, 5) is 12.0. The van der Waals surface area contributed by atoms with Crippen molar-refractivity contribution in [2.45, 2.75) is 38.5 Å². The summed E-state index contributed by atoms with van der Waals surface area (Å²) in [6.45, 7) is 2.10. The Morgan fingerprint density at radius 3 is 3.00 bits per heavy atom. The highest BCUT2D eigenvalue weighted by atomic mass is 16.1. The summed E-state index contributed by atoms with van der Waals surface area (Å²) in [7, 11) is 0. The van der Waals surface area contributed by atoms with Crippen LogP contribution < -0.4 is 0 Å². The van der Waals surface area contributed by atoms with E-state index in [0.717, 1.165) is 12.8 Å². The Bertz CT molecular complexity index is 421. The van der Waals surface area contributed by atoms with Gasteiger partial charge in [0.2, 0.25) is 0 Å². The van der Waals surface area contributed by atoms with E-state index >= 15 is 0 Å². The highest BCUT2D eigenvalue weighted by Crippen LogP contribution is 2.60. The molecule has 0 radical (unpaired) electrons. The molecule has 3 unspecified atom stereocenters. The van der Waals surface area contributed by atoms with Gasteiger partial charge in [-0.15, -0.1) is 0 Å². The van der Waals surface area contributed by atoms with E-state index in [0.29, 0.717) is 23.5 Å². The molecule has 0 spiro atoms. The molecule has 0 amide bonds. The summed E-state index contributed by atoms with van der Waals surface area (Å²) in [6.07, 6.45) is 4.17. The predicted octanol–water partition coefficient (Wildman–Crippen LogP) is 3.33. The molecule has 1 saturated carbocycles. The molecule has 0 N–H and O–H groups in total. The lowest BCUT2D eigenvalue weighted by Gasteiger charge is -2.13. The number of hydrogen-bond acceptors (Lipinski definition) is 1. The molecule has 3 rings (SSSR count). The highest BCUT2D eigenvalue weighted by molar-refractivity contribution is 5.86. The van der Waals surface area contributed by atoms with Gasteiger partial charge in [-0.25, -0.2) is 0 Å². The van der Waals surface area contributed by atoms with E-state index < -0.39 is 0 Å². The molecule has 84 valence electrons. The summed E-state index contributed by atoms with van der Waals surface area (Å²) in [5, 5.41) is 0. The monoisotopic (exact) mass is 214 g/mol. The van der Waals surface area contributed by atoms with E-state index in [4.69, 9.17) is 0 Å². The van der Waals surface area contributed by atoms with Gasteiger partial charge in [0.05, 0.1) is 0 Å². The number of Topliss-reactive ketones (excluding diaryl/α,β-unsaturated/α-hetero) is 1. The topological polar surface area (TPSA) is 17.1 Å². The molecule has 0 saturated heterocycles. The second kappa shape index (κ2) is 3.73. The molecule has 1 aromatic rings. The molecule has 16 heavy (non-hydrogen) atoms. The fourth-order valence-electron chi connectivity index (χ4n) is 3.42. The average Bonchev–Trinajstić information content (AvgIpc) is 3.04. The number of ketones is 1. The number of carbonyl (C=O) groups is 1. The quantitative estimate of drug-likeness (QED) is 0.754. The molecule has 0 bridgehead atoms. The van der Waals surface area contributed by atoms with Crippen molar-refractivity contribution in [3.05, 3.63) is 35.4 Å². The number of aryl methyl sites for hydroxylation is 1. The van der Waals surface area contributed by atoms with Crippen LogP contribution in [-0.4, -0.2) is 5.78 Å². The molecule has 0 aromatic heterocycles. The van der Waals surface area contributed by atoms with E-state index in [-0.39, 0.29) is 0 Å². The summed E-state index contributed by atoms with van der Waals surface area (Å²) in [5.41, 5.74) is 2.95. The first-order valence-electron chi connectivity index (χ1n) is 6.43. The van der Waals surface area contributed by atoms with E-state index in [1.165, 1.54) is 24.0 Å². The van der Waals surface area contributed by atoms with Crippen molar-refractivity contribution in [2.24, 2.45) is 11.8 Å². The Morgan fingerprint density at radius 2 is 2.19 bits per heavy atom. The molecule has 2 aliphatic rings. The second-order valence-electron chi connectivity index (χ2n) is 5.17. The van der Waals surface area contributed by atoms with Crippen LogP contribution in [0.2, 0.25) is 0 Å². The van der Waals surface area contributed by atoms with E-state index in [2.05, 4.69) is 31.2 Å². The minimum absolute atomic E-state index is 0.364. The Hall–Kier alpha value is -1.11. The first-order chi connectivity index (χ1) is 7.83. The second-order valence-corrected chi connectivity index (χ2v) is 5.17. The van der Waals surface area contributed by atoms with E-state index in [9.17, 15) is 4.79 Å². The number of hydrogen-bond donors (Lipinski definition) is 0. The smallest absolute Gasteiger partial charge is 0.136 e. The van der Waals surface area contributed by atoms with Gasteiger partial charge in [0.25, 0.3) is 0 Å². The lowest BCUT2D eigenvalue weighted by Crippen LogP contribution is -2.01. The molecular formula is C15H18O. The van der Waals surface area contributed by atoms with Gasteiger partial charge in [-0.3, -0.25) is 4.79 Å². The Labute approximate surface area is 96.9 Å². The maximum absolute atomic E-state index is 12.0. The van der Waals surface area contributed by atoms with Gasteiger partial charge in [-0.2, -0.15) is 0 Å². The van der Waals surface area contributed by atoms with Crippen LogP contribution in [0.15, 0.2) is 24.3 Å². The van der Waals surface area contributed by atoms with Crippen molar-refractivity contribution in [3.63, 3.8) is 0 Å². The molecule has 2 aliphatic carbocycles. The fourth-order valence-corrected chi connectivity index (χ4v) is 3.42. The molecule has 0 heterocycles. The van der Waals surface area contributed by atoms with Crippen molar-refractivity contribution < 1.29 is 4.79 Å². The maximum Gasteiger partial charge on any atom is 0.136 e. The van der Waals surface area contributed by atoms with Crippen LogP contribution in [0.1, 0.15) is 43.2 Å². The maximum atomic E-state index is 12.0. The van der Waals surface area contributed by atoms with Crippen LogP contribution >= 0.6 is 0 Å². The SMILES string of the molecule is CCCC(=O)C1C2CCc3ccccc3C21. The third-order valence-electron chi connectivity index (χ3n) is 4.20. The summed E-state index contributed by atoms with van der Waals surface area (Å²) >= 11 is 0. The van der Waals surface area contributed by atoms with Gasteiger partial charge in [0.15, 0.2) is 0 Å². The first kappa shape index (κ1) is 10.1. The zero-order valence-corrected chi connectivity index (χ0v) is 9.78. The normalized spacial score (nSPS) is 30.4. The van der Waals surface area contributed by atoms with Crippen LogP contribution in [0, 0.1) is 11.8 Å². The van der Waals surface area contributed by atoms with Crippen LogP contribution in [0.25, 0.3) is 0 Å². The van der Waals surface area contributed by atoms with Crippen molar-refractivity contribution in [1.29, 1.82) is 0 Å². The summed E-state index contributed by atoms with van der Waals surface area (Å²) in [5.74, 6) is 2.12. The van der Waals surface area contributed by atoms with Crippen molar-refractivity contribution in [3.8, 4) is 0 Å². The molecule has 1 fully saturated rings. The summed E-state index contributed by atoms with van der Waals surface area (Å²) < 4.78 is 0. The predicted molar refractivity (Wildman–Crippen MR) is 64.4 cm³/mol. The van der Waals surface area contributed by atoms with E-state index in [1.807, 2.05) is 0 Å². The van der Waals surface area contributed by atoms with Gasteiger partial charge in [0, 0.05) is 12.3 Å². The van der Waals surface area contributed by atoms with Crippen molar-refractivity contribution in [1.82, 2.24) is 0 Å². The third-order valence-corrected chi connectivity index (χ3v) is 4.20.